The minimum Gasteiger partial charge on any atom is -0.484 e. The summed E-state index contributed by atoms with van der Waals surface area (Å²) in [6, 6.07) is 17.7. The fourth-order valence-electron chi connectivity index (χ4n) is 2.62. The average molecular weight is 375 g/mol. The monoisotopic (exact) mass is 374 g/mol. The molecule has 4 nitrogen and oxygen atoms in total. The average Bonchev–Trinajstić information content (AvgIpc) is 2.61. The van der Waals surface area contributed by atoms with Crippen LogP contribution in [0.3, 0.4) is 0 Å². The molecule has 3 rings (SSSR count). The maximum atomic E-state index is 12.2. The van der Waals surface area contributed by atoms with Crippen molar-refractivity contribution < 1.29 is 9.53 Å². The van der Waals surface area contributed by atoms with E-state index in [9.17, 15) is 4.79 Å². The summed E-state index contributed by atoms with van der Waals surface area (Å²) in [6.45, 7) is 3.25. The van der Waals surface area contributed by atoms with Gasteiger partial charge in [-0.1, -0.05) is 34.1 Å². The zero-order valence-electron chi connectivity index (χ0n) is 12.8. The lowest BCUT2D eigenvalue weighted by Crippen LogP contribution is -2.50. The molecule has 0 aliphatic carbocycles. The van der Waals surface area contributed by atoms with Crippen LogP contribution in [-0.4, -0.2) is 43.6 Å². The molecule has 0 N–H and O–H groups in total. The van der Waals surface area contributed by atoms with Crippen molar-refractivity contribution in [2.75, 3.05) is 37.7 Å². The van der Waals surface area contributed by atoms with Gasteiger partial charge in [0.1, 0.15) is 5.75 Å². The fourth-order valence-corrected chi connectivity index (χ4v) is 2.88. The van der Waals surface area contributed by atoms with Gasteiger partial charge in [0.05, 0.1) is 0 Å². The highest BCUT2D eigenvalue weighted by Gasteiger charge is 2.21. The Morgan fingerprint density at radius 2 is 1.61 bits per heavy atom. The number of benzene rings is 2. The number of halogens is 1. The first-order chi connectivity index (χ1) is 11.2. The number of ether oxygens (including phenoxy) is 1. The summed E-state index contributed by atoms with van der Waals surface area (Å²) >= 11 is 3.45. The Labute approximate surface area is 144 Å². The first kappa shape index (κ1) is 15.9. The number of hydrogen-bond donors (Lipinski definition) is 0. The molecule has 0 saturated carbocycles. The van der Waals surface area contributed by atoms with E-state index in [-0.39, 0.29) is 12.5 Å². The van der Waals surface area contributed by atoms with E-state index in [1.165, 1.54) is 5.69 Å². The van der Waals surface area contributed by atoms with E-state index < -0.39 is 0 Å². The lowest BCUT2D eigenvalue weighted by molar-refractivity contribution is -0.133. The summed E-state index contributed by atoms with van der Waals surface area (Å²) in [4.78, 5) is 16.4. The molecule has 0 spiro atoms. The zero-order chi connectivity index (χ0) is 16.1. The Hall–Kier alpha value is -2.01. The second-order valence-corrected chi connectivity index (χ2v) is 6.36. The molecule has 2 aromatic carbocycles. The molecule has 5 heteroatoms. The number of carbonyl (C=O) groups is 1. The van der Waals surface area contributed by atoms with Crippen molar-refractivity contribution in [3.05, 3.63) is 59.1 Å². The molecule has 0 bridgehead atoms. The Morgan fingerprint density at radius 3 is 2.26 bits per heavy atom. The van der Waals surface area contributed by atoms with Crippen LogP contribution < -0.4 is 9.64 Å². The van der Waals surface area contributed by atoms with Gasteiger partial charge in [-0.05, 0) is 36.4 Å². The smallest absolute Gasteiger partial charge is 0.260 e. The summed E-state index contributed by atoms with van der Waals surface area (Å²) in [7, 11) is 0. The minimum absolute atomic E-state index is 0.0457. The highest BCUT2D eigenvalue weighted by molar-refractivity contribution is 9.10. The summed E-state index contributed by atoms with van der Waals surface area (Å²) in [5, 5.41) is 0. The molecule has 2 aromatic rings. The summed E-state index contributed by atoms with van der Waals surface area (Å²) in [6.07, 6.45) is 0. The minimum atomic E-state index is 0.0457. The normalized spacial score (nSPS) is 14.7. The number of piperazine rings is 1. The second-order valence-electron chi connectivity index (χ2n) is 5.45. The molecule has 120 valence electrons. The van der Waals surface area contributed by atoms with Crippen molar-refractivity contribution in [3.8, 4) is 5.75 Å². The number of carbonyl (C=O) groups excluding carboxylic acids is 1. The van der Waals surface area contributed by atoms with E-state index in [4.69, 9.17) is 4.74 Å². The maximum absolute atomic E-state index is 12.2. The standard InChI is InChI=1S/C18H19BrN2O2/c19-15-6-8-16(9-7-15)20-10-12-21(13-11-20)18(22)14-23-17-4-2-1-3-5-17/h1-9H,10-14H2. The number of para-hydroxylation sites is 1. The van der Waals surface area contributed by atoms with E-state index in [1.807, 2.05) is 47.4 Å². The predicted molar refractivity (Wildman–Crippen MR) is 94.9 cm³/mol. The van der Waals surface area contributed by atoms with Crippen molar-refractivity contribution >= 4 is 27.5 Å². The van der Waals surface area contributed by atoms with Gasteiger partial charge in [0, 0.05) is 36.3 Å². The van der Waals surface area contributed by atoms with Gasteiger partial charge in [-0.3, -0.25) is 4.79 Å². The molecule has 0 atom stereocenters. The maximum Gasteiger partial charge on any atom is 0.260 e. The molecule has 1 amide bonds. The zero-order valence-corrected chi connectivity index (χ0v) is 14.4. The number of nitrogens with zero attached hydrogens (tertiary/aromatic N) is 2. The van der Waals surface area contributed by atoms with Crippen LogP contribution in [0.1, 0.15) is 0 Å². The van der Waals surface area contributed by atoms with Gasteiger partial charge in [0.15, 0.2) is 6.61 Å². The van der Waals surface area contributed by atoms with E-state index in [0.29, 0.717) is 0 Å². The Bertz CT molecular complexity index is 638. The third-order valence-electron chi connectivity index (χ3n) is 3.93. The van der Waals surface area contributed by atoms with Crippen molar-refractivity contribution in [1.29, 1.82) is 0 Å². The van der Waals surface area contributed by atoms with Crippen LogP contribution in [0.5, 0.6) is 5.75 Å². The Balaban J connectivity index is 1.48. The molecule has 1 saturated heterocycles. The summed E-state index contributed by atoms with van der Waals surface area (Å²) < 4.78 is 6.61. The largest absolute Gasteiger partial charge is 0.484 e. The molecule has 23 heavy (non-hydrogen) atoms. The highest BCUT2D eigenvalue weighted by Crippen LogP contribution is 2.20. The number of rotatable bonds is 4. The molecule has 1 heterocycles. The number of hydrogen-bond acceptors (Lipinski definition) is 3. The second kappa shape index (κ2) is 7.51. The SMILES string of the molecule is O=C(COc1ccccc1)N1CCN(c2ccc(Br)cc2)CC1. The van der Waals surface area contributed by atoms with Gasteiger partial charge >= 0.3 is 0 Å². The van der Waals surface area contributed by atoms with Gasteiger partial charge in [0.25, 0.3) is 5.91 Å². The van der Waals surface area contributed by atoms with Gasteiger partial charge in [0.2, 0.25) is 0 Å². The van der Waals surface area contributed by atoms with E-state index in [0.717, 1.165) is 36.4 Å². The quantitative estimate of drug-likeness (QED) is 0.823. The molecule has 1 aliphatic rings. The molecule has 0 unspecified atom stereocenters. The van der Waals surface area contributed by atoms with Gasteiger partial charge in [-0.25, -0.2) is 0 Å². The van der Waals surface area contributed by atoms with Gasteiger partial charge < -0.3 is 14.5 Å². The highest BCUT2D eigenvalue weighted by atomic mass is 79.9. The van der Waals surface area contributed by atoms with Crippen LogP contribution in [0, 0.1) is 0 Å². The Kier molecular flexibility index (Phi) is 5.18. The van der Waals surface area contributed by atoms with Gasteiger partial charge in [-0.15, -0.1) is 0 Å². The Morgan fingerprint density at radius 1 is 0.957 bits per heavy atom. The van der Waals surface area contributed by atoms with Gasteiger partial charge in [-0.2, -0.15) is 0 Å². The van der Waals surface area contributed by atoms with Crippen molar-refractivity contribution in [2.45, 2.75) is 0 Å². The summed E-state index contributed by atoms with van der Waals surface area (Å²) in [5.41, 5.74) is 1.20. The molecular formula is C18H19BrN2O2. The van der Waals surface area contributed by atoms with Crippen LogP contribution in [0.2, 0.25) is 0 Å². The van der Waals surface area contributed by atoms with Crippen LogP contribution in [0.4, 0.5) is 5.69 Å². The molecule has 0 aromatic heterocycles. The van der Waals surface area contributed by atoms with Crippen molar-refractivity contribution in [2.24, 2.45) is 0 Å². The predicted octanol–water partition coefficient (Wildman–Crippen LogP) is 3.18. The number of anilines is 1. The fraction of sp³-hybridized carbons (Fsp3) is 0.278. The van der Waals surface area contributed by atoms with Crippen LogP contribution in [0.25, 0.3) is 0 Å². The van der Waals surface area contributed by atoms with Crippen molar-refractivity contribution in [3.63, 3.8) is 0 Å². The van der Waals surface area contributed by atoms with E-state index in [2.05, 4.69) is 33.0 Å². The van der Waals surface area contributed by atoms with Crippen LogP contribution in [0.15, 0.2) is 59.1 Å². The summed E-state index contributed by atoms with van der Waals surface area (Å²) in [5.74, 6) is 0.777. The van der Waals surface area contributed by atoms with E-state index >= 15 is 0 Å². The lowest BCUT2D eigenvalue weighted by atomic mass is 10.2. The third-order valence-corrected chi connectivity index (χ3v) is 4.46. The topological polar surface area (TPSA) is 32.8 Å². The molecule has 0 radical (unpaired) electrons. The molecular weight excluding hydrogens is 356 g/mol. The first-order valence-electron chi connectivity index (χ1n) is 7.68. The van der Waals surface area contributed by atoms with Crippen molar-refractivity contribution in [1.82, 2.24) is 4.90 Å². The van der Waals surface area contributed by atoms with E-state index in [1.54, 1.807) is 0 Å². The molecule has 1 fully saturated rings. The van der Waals surface area contributed by atoms with Crippen LogP contribution in [-0.2, 0) is 4.79 Å². The van der Waals surface area contributed by atoms with Crippen LogP contribution >= 0.6 is 15.9 Å². The molecule has 1 aliphatic heterocycles. The third kappa shape index (κ3) is 4.26. The number of amides is 1. The lowest BCUT2D eigenvalue weighted by Gasteiger charge is -2.36. The first-order valence-corrected chi connectivity index (χ1v) is 8.48.